The van der Waals surface area contributed by atoms with Gasteiger partial charge in [0.05, 0.1) is 11.3 Å². The molecular weight excluding hydrogens is 232 g/mol. The van der Waals surface area contributed by atoms with Crippen LogP contribution in [0.5, 0.6) is 0 Å². The molecule has 7 heteroatoms. The monoisotopic (exact) mass is 252 g/mol. The zero-order valence-electron chi connectivity index (χ0n) is 9.91. The zero-order chi connectivity index (χ0) is 12.8. The van der Waals surface area contributed by atoms with Gasteiger partial charge in [0, 0.05) is 13.0 Å². The van der Waals surface area contributed by atoms with E-state index in [9.17, 15) is 13.2 Å². The van der Waals surface area contributed by atoms with Crippen LogP contribution < -0.4 is 10.6 Å². The summed E-state index contributed by atoms with van der Waals surface area (Å²) in [5, 5.41) is 5.54. The van der Waals surface area contributed by atoms with Crippen LogP contribution in [-0.2, 0) is 14.9 Å². The van der Waals surface area contributed by atoms with E-state index in [-0.39, 0.29) is 12.3 Å². The van der Waals surface area contributed by atoms with Gasteiger partial charge >= 0.3 is 0 Å². The highest BCUT2D eigenvalue weighted by molar-refractivity contribution is 7.85. The second-order valence-electron chi connectivity index (χ2n) is 4.26. The highest BCUT2D eigenvalue weighted by atomic mass is 32.2. The molecule has 96 valence electrons. The predicted octanol–water partition coefficient (Wildman–Crippen LogP) is -0.231. The zero-order valence-corrected chi connectivity index (χ0v) is 10.7. The van der Waals surface area contributed by atoms with Gasteiger partial charge < -0.3 is 10.6 Å². The van der Waals surface area contributed by atoms with Gasteiger partial charge in [0.2, 0.25) is 5.91 Å². The molecular formula is C9H20N2O4S. The van der Waals surface area contributed by atoms with Crippen molar-refractivity contribution in [1.29, 1.82) is 0 Å². The molecule has 0 saturated heterocycles. The molecule has 0 aliphatic carbocycles. The molecule has 0 unspecified atom stereocenters. The molecule has 0 heterocycles. The van der Waals surface area contributed by atoms with E-state index in [2.05, 4.69) is 10.6 Å². The smallest absolute Gasteiger partial charge is 0.267 e. The van der Waals surface area contributed by atoms with E-state index in [1.165, 1.54) is 0 Å². The van der Waals surface area contributed by atoms with E-state index in [0.717, 1.165) is 6.54 Å². The summed E-state index contributed by atoms with van der Waals surface area (Å²) in [4.78, 5) is 11.4. The molecule has 6 nitrogen and oxygen atoms in total. The highest BCUT2D eigenvalue weighted by Gasteiger charge is 2.26. The van der Waals surface area contributed by atoms with Crippen molar-refractivity contribution in [2.45, 2.75) is 32.7 Å². The summed E-state index contributed by atoms with van der Waals surface area (Å²) in [6.07, 6.45) is 0.281. The Morgan fingerprint density at radius 2 is 1.94 bits per heavy atom. The Balaban J connectivity index is 4.10. The highest BCUT2D eigenvalue weighted by Crippen LogP contribution is 2.05. The maximum absolute atomic E-state index is 11.4. The third-order valence-corrected chi connectivity index (χ3v) is 2.89. The van der Waals surface area contributed by atoms with Crippen LogP contribution in [0, 0.1) is 0 Å². The minimum atomic E-state index is -4.08. The Kier molecular flexibility index (Phi) is 5.91. The van der Waals surface area contributed by atoms with Crippen LogP contribution in [-0.4, -0.2) is 43.3 Å². The van der Waals surface area contributed by atoms with Crippen LogP contribution in [0.3, 0.4) is 0 Å². The number of carbonyl (C=O) groups excluding carboxylic acids is 1. The number of hydrogen-bond donors (Lipinski definition) is 3. The quantitative estimate of drug-likeness (QED) is 0.429. The topological polar surface area (TPSA) is 95.5 Å². The van der Waals surface area contributed by atoms with E-state index < -0.39 is 21.4 Å². The molecule has 0 spiro atoms. The molecule has 0 aliphatic rings. The first-order chi connectivity index (χ1) is 7.16. The molecule has 16 heavy (non-hydrogen) atoms. The predicted molar refractivity (Wildman–Crippen MR) is 61.8 cm³/mol. The van der Waals surface area contributed by atoms with Crippen molar-refractivity contribution in [2.75, 3.05) is 18.8 Å². The van der Waals surface area contributed by atoms with Crippen LogP contribution in [0.15, 0.2) is 0 Å². The lowest BCUT2D eigenvalue weighted by Crippen LogP contribution is -2.48. The maximum atomic E-state index is 11.4. The summed E-state index contributed by atoms with van der Waals surface area (Å²) in [6.45, 7) is 6.35. The Morgan fingerprint density at radius 1 is 1.38 bits per heavy atom. The van der Waals surface area contributed by atoms with Crippen LogP contribution in [0.25, 0.3) is 0 Å². The fourth-order valence-electron chi connectivity index (χ4n) is 1.31. The molecule has 0 aliphatic heterocycles. The fraction of sp³-hybridized carbons (Fsp3) is 0.889. The van der Waals surface area contributed by atoms with E-state index in [0.29, 0.717) is 6.54 Å². The van der Waals surface area contributed by atoms with Crippen LogP contribution >= 0.6 is 0 Å². The Hall–Kier alpha value is -0.660. The van der Waals surface area contributed by atoms with Crippen molar-refractivity contribution >= 4 is 16.0 Å². The molecule has 0 aromatic heterocycles. The van der Waals surface area contributed by atoms with E-state index in [1.54, 1.807) is 13.8 Å². The molecule has 0 saturated carbocycles. The molecule has 1 amide bonds. The number of nitrogens with one attached hydrogen (secondary N) is 2. The molecule has 0 aromatic carbocycles. The van der Waals surface area contributed by atoms with Gasteiger partial charge in [0.1, 0.15) is 0 Å². The normalized spacial score (nSPS) is 12.5. The van der Waals surface area contributed by atoms with Gasteiger partial charge in [0.15, 0.2) is 0 Å². The van der Waals surface area contributed by atoms with Crippen LogP contribution in [0.2, 0.25) is 0 Å². The standard InChI is InChI=1S/C9H20N2O4S/c1-4-10-6-5-8(12)11-9(2,3)7-16(13,14)15/h10H,4-7H2,1-3H3,(H,11,12)(H,13,14,15). The van der Waals surface area contributed by atoms with E-state index in [4.69, 9.17) is 4.55 Å². The lowest BCUT2D eigenvalue weighted by atomic mass is 10.1. The number of hydrogen-bond acceptors (Lipinski definition) is 4. The lowest BCUT2D eigenvalue weighted by molar-refractivity contribution is -0.122. The number of rotatable bonds is 7. The van der Waals surface area contributed by atoms with Gasteiger partial charge in [-0.2, -0.15) is 8.42 Å². The second-order valence-corrected chi connectivity index (χ2v) is 5.71. The molecule has 0 rings (SSSR count). The van der Waals surface area contributed by atoms with Crippen molar-refractivity contribution in [3.05, 3.63) is 0 Å². The molecule has 0 fully saturated rings. The minimum Gasteiger partial charge on any atom is -0.350 e. The summed E-state index contributed by atoms with van der Waals surface area (Å²) in [5.74, 6) is -0.734. The van der Waals surface area contributed by atoms with Gasteiger partial charge in [-0.1, -0.05) is 6.92 Å². The Morgan fingerprint density at radius 3 is 2.38 bits per heavy atom. The molecule has 0 aromatic rings. The van der Waals surface area contributed by atoms with E-state index in [1.807, 2.05) is 6.92 Å². The third kappa shape index (κ3) is 8.63. The first kappa shape index (κ1) is 15.3. The largest absolute Gasteiger partial charge is 0.350 e. The van der Waals surface area contributed by atoms with Crippen molar-refractivity contribution < 1.29 is 17.8 Å². The van der Waals surface area contributed by atoms with Crippen molar-refractivity contribution in [2.24, 2.45) is 0 Å². The summed E-state index contributed by atoms with van der Waals surface area (Å²) in [7, 11) is -4.08. The van der Waals surface area contributed by atoms with E-state index >= 15 is 0 Å². The van der Waals surface area contributed by atoms with Crippen LogP contribution in [0.1, 0.15) is 27.2 Å². The van der Waals surface area contributed by atoms with Gasteiger partial charge in [-0.3, -0.25) is 9.35 Å². The first-order valence-electron chi connectivity index (χ1n) is 5.13. The summed E-state index contributed by atoms with van der Waals surface area (Å²) in [5.41, 5.74) is -0.961. The molecule has 3 N–H and O–H groups in total. The van der Waals surface area contributed by atoms with Crippen molar-refractivity contribution in [1.82, 2.24) is 10.6 Å². The third-order valence-electron chi connectivity index (χ3n) is 1.80. The summed E-state index contributed by atoms with van der Waals surface area (Å²) in [6, 6.07) is 0. The van der Waals surface area contributed by atoms with Crippen molar-refractivity contribution in [3.8, 4) is 0 Å². The van der Waals surface area contributed by atoms with Gasteiger partial charge in [-0.15, -0.1) is 0 Å². The number of amides is 1. The maximum Gasteiger partial charge on any atom is 0.267 e. The summed E-state index contributed by atoms with van der Waals surface area (Å²) < 4.78 is 30.1. The molecule has 0 radical (unpaired) electrons. The minimum absolute atomic E-state index is 0.241. The average Bonchev–Trinajstić information content (AvgIpc) is 1.98. The lowest BCUT2D eigenvalue weighted by Gasteiger charge is -2.24. The van der Waals surface area contributed by atoms with Gasteiger partial charge in [0.25, 0.3) is 10.1 Å². The Bertz CT molecular complexity index is 324. The average molecular weight is 252 g/mol. The number of carbonyl (C=O) groups is 1. The Labute approximate surface area is 96.5 Å². The van der Waals surface area contributed by atoms with Crippen LogP contribution in [0.4, 0.5) is 0 Å². The molecule has 0 bridgehead atoms. The first-order valence-corrected chi connectivity index (χ1v) is 6.74. The second kappa shape index (κ2) is 6.17. The van der Waals surface area contributed by atoms with Gasteiger partial charge in [-0.05, 0) is 20.4 Å². The summed E-state index contributed by atoms with van der Waals surface area (Å²) >= 11 is 0. The van der Waals surface area contributed by atoms with Gasteiger partial charge in [-0.25, -0.2) is 0 Å². The SMILES string of the molecule is CCNCCC(=O)NC(C)(C)CS(=O)(=O)O. The molecule has 0 atom stereocenters. The fourth-order valence-corrected chi connectivity index (χ4v) is 2.29. The van der Waals surface area contributed by atoms with Crippen molar-refractivity contribution in [3.63, 3.8) is 0 Å².